The summed E-state index contributed by atoms with van der Waals surface area (Å²) in [5, 5.41) is 0. The van der Waals surface area contributed by atoms with Gasteiger partial charge in [0.2, 0.25) is 0 Å². The van der Waals surface area contributed by atoms with E-state index in [2.05, 4.69) is 181 Å². The minimum Gasteiger partial charge on any atom is -0.335 e. The molecule has 3 heterocycles. The summed E-state index contributed by atoms with van der Waals surface area (Å²) in [5.74, 6) is 0.710. The van der Waals surface area contributed by atoms with Crippen molar-refractivity contribution in [2.24, 2.45) is 0 Å². The largest absolute Gasteiger partial charge is 0.335 e. The van der Waals surface area contributed by atoms with E-state index in [9.17, 15) is 0 Å². The second-order valence-electron chi connectivity index (χ2n) is 13.6. The van der Waals surface area contributed by atoms with Crippen molar-refractivity contribution in [2.45, 2.75) is 40.2 Å². The van der Waals surface area contributed by atoms with Crippen molar-refractivity contribution < 1.29 is 0 Å². The van der Waals surface area contributed by atoms with Crippen molar-refractivity contribution in [3.63, 3.8) is 0 Å². The first kappa shape index (κ1) is 38.3. The van der Waals surface area contributed by atoms with Crippen LogP contribution in [0.3, 0.4) is 0 Å². The van der Waals surface area contributed by atoms with Gasteiger partial charge < -0.3 is 9.47 Å². The maximum atomic E-state index is 5.19. The van der Waals surface area contributed by atoms with Crippen LogP contribution >= 0.6 is 0 Å². The summed E-state index contributed by atoms with van der Waals surface area (Å²) in [5.41, 5.74) is 18.9. The van der Waals surface area contributed by atoms with Gasteiger partial charge in [0.1, 0.15) is 0 Å². The van der Waals surface area contributed by atoms with Crippen molar-refractivity contribution in [2.75, 3.05) is 4.90 Å². The molecule has 2 aromatic heterocycles. The molecule has 4 aromatic carbocycles. The molecule has 2 aliphatic carbocycles. The SMILES string of the molecule is C=C.CC.Cc1cccc(-c2cc(-c3cccc(-n4c5c(c6c4CN(C4=CC=C=CC=C4)c4ccccc4C/C=C\6)C=CCC=C5)c3)nc(-c3ccccc3)n2)c1. The van der Waals surface area contributed by atoms with E-state index in [1.54, 1.807) is 0 Å². The molecule has 0 bridgehead atoms. The predicted octanol–water partition coefficient (Wildman–Crippen LogP) is 13.6. The van der Waals surface area contributed by atoms with E-state index < -0.39 is 0 Å². The number of hydrogen-bond acceptors (Lipinski definition) is 3. The first-order valence-corrected chi connectivity index (χ1v) is 19.7. The second kappa shape index (κ2) is 18.1. The van der Waals surface area contributed by atoms with Crippen LogP contribution in [-0.4, -0.2) is 14.5 Å². The molecule has 3 aliphatic rings. The average molecular weight is 741 g/mol. The summed E-state index contributed by atoms with van der Waals surface area (Å²) in [6.07, 6.45) is 25.9. The van der Waals surface area contributed by atoms with Crippen molar-refractivity contribution >= 4 is 23.9 Å². The van der Waals surface area contributed by atoms with Crippen LogP contribution in [0.5, 0.6) is 0 Å². The fraction of sp³-hybridized carbons (Fsp3) is 0.113. The van der Waals surface area contributed by atoms with Crippen molar-refractivity contribution in [1.29, 1.82) is 0 Å². The van der Waals surface area contributed by atoms with Crippen molar-refractivity contribution in [1.82, 2.24) is 14.5 Å². The Morgan fingerprint density at radius 2 is 1.35 bits per heavy atom. The number of anilines is 1. The van der Waals surface area contributed by atoms with E-state index in [0.717, 1.165) is 52.3 Å². The van der Waals surface area contributed by atoms with Crippen LogP contribution in [0.1, 0.15) is 53.9 Å². The molecular weight excluding hydrogens is 693 g/mol. The Morgan fingerprint density at radius 3 is 2.16 bits per heavy atom. The standard InChI is InChI=1S/C49H38N4.C2H6.C2H4/c1-35-17-14-22-38(31-35)44-33-45(51-49(50-44)37-19-6-4-7-20-37)39-23-15-26-41(32-39)53-47-30-11-5-10-27-42(47)43-28-16-21-36-18-12-13-29-46(36)52(34-48(43)53)40-24-8-2-3-9-25-40;2*1-2/h2,4,6-20,22-33H,5,21,34H2,1H3;1-2H3;1-2H2/b28-16-;;. The quantitative estimate of drug-likeness (QED) is 0.130. The lowest BCUT2D eigenvalue weighted by molar-refractivity contribution is 0.845. The lowest BCUT2D eigenvalue weighted by Crippen LogP contribution is -2.24. The number of nitrogens with zero attached hydrogens (tertiary/aromatic N) is 4. The van der Waals surface area contributed by atoms with Gasteiger partial charge in [-0.25, -0.2) is 9.97 Å². The van der Waals surface area contributed by atoms with Gasteiger partial charge in [0.15, 0.2) is 5.82 Å². The lowest BCUT2D eigenvalue weighted by Gasteiger charge is -2.29. The zero-order valence-electron chi connectivity index (χ0n) is 33.1. The molecular formula is C53H48N4. The highest BCUT2D eigenvalue weighted by molar-refractivity contribution is 5.80. The van der Waals surface area contributed by atoms with E-state index in [0.29, 0.717) is 12.4 Å². The van der Waals surface area contributed by atoms with Gasteiger partial charge in [0.25, 0.3) is 0 Å². The van der Waals surface area contributed by atoms with Gasteiger partial charge in [-0.05, 0) is 86.0 Å². The van der Waals surface area contributed by atoms with Crippen LogP contribution in [0.4, 0.5) is 5.69 Å². The van der Waals surface area contributed by atoms with Crippen molar-refractivity contribution in [3.8, 4) is 39.6 Å². The molecule has 57 heavy (non-hydrogen) atoms. The highest BCUT2D eigenvalue weighted by atomic mass is 15.2. The minimum atomic E-state index is 0.669. The number of hydrogen-bond donors (Lipinski definition) is 0. The summed E-state index contributed by atoms with van der Waals surface area (Å²) in [4.78, 5) is 12.7. The van der Waals surface area contributed by atoms with Gasteiger partial charge >= 0.3 is 0 Å². The molecule has 9 rings (SSSR count). The van der Waals surface area contributed by atoms with Crippen molar-refractivity contribution in [3.05, 3.63) is 216 Å². The molecule has 0 amide bonds. The average Bonchev–Trinajstić information content (AvgIpc) is 3.49. The first-order valence-electron chi connectivity index (χ1n) is 19.7. The minimum absolute atomic E-state index is 0.669. The number of aryl methyl sites for hydroxylation is 1. The Morgan fingerprint density at radius 1 is 0.649 bits per heavy atom. The number of allylic oxidation sites excluding steroid dienone is 7. The lowest BCUT2D eigenvalue weighted by atomic mass is 10.0. The summed E-state index contributed by atoms with van der Waals surface area (Å²) in [6.45, 7) is 12.8. The number of benzene rings is 4. The fourth-order valence-electron chi connectivity index (χ4n) is 7.51. The molecule has 280 valence electrons. The van der Waals surface area contributed by atoms with Gasteiger partial charge in [-0.2, -0.15) is 0 Å². The normalized spacial score (nSPS) is 14.1. The Labute approximate surface area is 337 Å². The van der Waals surface area contributed by atoms with Gasteiger partial charge in [0.05, 0.1) is 29.3 Å². The Hall–Kier alpha value is -7.00. The van der Waals surface area contributed by atoms with E-state index in [1.807, 2.05) is 44.2 Å². The highest BCUT2D eigenvalue weighted by Gasteiger charge is 2.26. The third kappa shape index (κ3) is 8.18. The molecule has 1 aliphatic heterocycles. The van der Waals surface area contributed by atoms with Gasteiger partial charge in [-0.3, -0.25) is 0 Å². The number of rotatable bonds is 5. The molecule has 0 radical (unpaired) electrons. The zero-order valence-corrected chi connectivity index (χ0v) is 33.1. The molecule has 0 unspecified atom stereocenters. The maximum absolute atomic E-state index is 5.19. The molecule has 0 N–H and O–H groups in total. The van der Waals surface area contributed by atoms with Crippen LogP contribution in [0.25, 0.3) is 57.8 Å². The van der Waals surface area contributed by atoms with E-state index >= 15 is 0 Å². The van der Waals surface area contributed by atoms with Crippen LogP contribution in [0.2, 0.25) is 0 Å². The van der Waals surface area contributed by atoms with Gasteiger partial charge in [-0.1, -0.05) is 135 Å². The fourth-order valence-corrected chi connectivity index (χ4v) is 7.51. The molecule has 0 fully saturated rings. The summed E-state index contributed by atoms with van der Waals surface area (Å²) >= 11 is 0. The monoisotopic (exact) mass is 740 g/mol. The van der Waals surface area contributed by atoms with E-state index in [1.165, 1.54) is 39.3 Å². The molecule has 4 nitrogen and oxygen atoms in total. The Balaban J connectivity index is 0.00000120. The highest BCUT2D eigenvalue weighted by Crippen LogP contribution is 2.38. The molecule has 0 atom stereocenters. The smallest absolute Gasteiger partial charge is 0.160 e. The third-order valence-corrected chi connectivity index (χ3v) is 10.0. The molecule has 6 aromatic rings. The van der Waals surface area contributed by atoms with E-state index in [-0.39, 0.29) is 0 Å². The van der Waals surface area contributed by atoms with Gasteiger partial charge in [0, 0.05) is 44.9 Å². The zero-order chi connectivity index (χ0) is 39.6. The van der Waals surface area contributed by atoms with Gasteiger partial charge in [-0.15, -0.1) is 18.9 Å². The summed E-state index contributed by atoms with van der Waals surface area (Å²) in [6, 6.07) is 38.5. The number of para-hydroxylation sites is 1. The van der Waals surface area contributed by atoms with Crippen LogP contribution in [0, 0.1) is 6.92 Å². The van der Waals surface area contributed by atoms with Crippen LogP contribution in [-0.2, 0) is 13.0 Å². The maximum Gasteiger partial charge on any atom is 0.160 e. The molecule has 0 saturated heterocycles. The van der Waals surface area contributed by atoms with Crippen LogP contribution in [0.15, 0.2) is 182 Å². The topological polar surface area (TPSA) is 34.0 Å². The molecule has 0 spiro atoms. The first-order chi connectivity index (χ1) is 28.2. The number of fused-ring (bicyclic) bond motifs is 4. The summed E-state index contributed by atoms with van der Waals surface area (Å²) in [7, 11) is 0. The Bertz CT molecular complexity index is 2600. The Kier molecular flexibility index (Phi) is 12.1. The molecule has 4 heteroatoms. The predicted molar refractivity (Wildman–Crippen MR) is 243 cm³/mol. The summed E-state index contributed by atoms with van der Waals surface area (Å²) < 4.78 is 2.46. The van der Waals surface area contributed by atoms with E-state index in [4.69, 9.17) is 9.97 Å². The van der Waals surface area contributed by atoms with Crippen LogP contribution < -0.4 is 4.90 Å². The third-order valence-electron chi connectivity index (χ3n) is 10.0. The molecule has 0 saturated carbocycles. The second-order valence-corrected chi connectivity index (χ2v) is 13.6. The number of aromatic nitrogens is 3.